The minimum Gasteiger partial charge on any atom is -0.396 e. The van der Waals surface area contributed by atoms with Crippen LogP contribution in [0, 0.1) is 0 Å². The lowest BCUT2D eigenvalue weighted by Crippen LogP contribution is -2.02. The Morgan fingerprint density at radius 2 is 2.00 bits per heavy atom. The number of aliphatic hydroxyl groups is 1. The van der Waals surface area contributed by atoms with Gasteiger partial charge in [-0.1, -0.05) is 0 Å². The van der Waals surface area contributed by atoms with Gasteiger partial charge in [0.1, 0.15) is 11.3 Å². The molecule has 6 N–H and O–H groups in total. The summed E-state index contributed by atoms with van der Waals surface area (Å²) in [4.78, 5) is 15.0. The molecule has 2 rings (SSSR count). The van der Waals surface area contributed by atoms with Crippen LogP contribution in [-0.4, -0.2) is 31.6 Å². The molecule has 0 aliphatic carbocycles. The Bertz CT molecular complexity index is 479. The van der Waals surface area contributed by atoms with Crippen molar-refractivity contribution >= 4 is 22.9 Å². The van der Waals surface area contributed by atoms with Crippen LogP contribution in [0.15, 0.2) is 0 Å². The van der Waals surface area contributed by atoms with Crippen LogP contribution in [-0.2, 0) is 6.42 Å². The molecule has 0 bridgehead atoms. The normalized spacial score (nSPS) is 11.0. The number of aromatic nitrogens is 4. The van der Waals surface area contributed by atoms with Crippen molar-refractivity contribution in [3.05, 3.63) is 5.82 Å². The second-order valence-corrected chi connectivity index (χ2v) is 3.17. The molecule has 0 amide bonds. The molecule has 0 fully saturated rings. The molecule has 0 aliphatic heterocycles. The summed E-state index contributed by atoms with van der Waals surface area (Å²) in [6.07, 6.45) is 1.17. The van der Waals surface area contributed by atoms with Gasteiger partial charge in [0.25, 0.3) is 0 Å². The van der Waals surface area contributed by atoms with Crippen molar-refractivity contribution in [2.75, 3.05) is 18.1 Å². The molecular formula is C8H12N6O. The number of nitrogens with two attached hydrogens (primary N) is 2. The number of hydrogen-bond acceptors (Lipinski definition) is 6. The number of nitrogens with one attached hydrogen (secondary N) is 1. The molecule has 2 aromatic heterocycles. The van der Waals surface area contributed by atoms with Gasteiger partial charge in [0.15, 0.2) is 17.4 Å². The SMILES string of the molecule is Nc1nc2nc(CCCO)nc(N)c2[nH]1. The largest absolute Gasteiger partial charge is 0.396 e. The number of imidazole rings is 1. The number of fused-ring (bicyclic) bond motifs is 1. The fourth-order valence-electron chi connectivity index (χ4n) is 1.33. The number of nitrogens with zero attached hydrogens (tertiary/aromatic N) is 3. The molecule has 15 heavy (non-hydrogen) atoms. The molecule has 0 radical (unpaired) electrons. The second kappa shape index (κ2) is 3.70. The van der Waals surface area contributed by atoms with E-state index in [0.717, 1.165) is 0 Å². The third-order valence-electron chi connectivity index (χ3n) is 2.00. The quantitative estimate of drug-likeness (QED) is 0.535. The fourth-order valence-corrected chi connectivity index (χ4v) is 1.33. The summed E-state index contributed by atoms with van der Waals surface area (Å²) in [6, 6.07) is 0. The highest BCUT2D eigenvalue weighted by molar-refractivity contribution is 5.82. The van der Waals surface area contributed by atoms with Gasteiger partial charge in [-0.3, -0.25) is 0 Å². The summed E-state index contributed by atoms with van der Waals surface area (Å²) in [5.74, 6) is 1.17. The minimum absolute atomic E-state index is 0.101. The second-order valence-electron chi connectivity index (χ2n) is 3.17. The van der Waals surface area contributed by atoms with Gasteiger partial charge in [0, 0.05) is 13.0 Å². The van der Waals surface area contributed by atoms with E-state index in [1.54, 1.807) is 0 Å². The molecular weight excluding hydrogens is 196 g/mol. The summed E-state index contributed by atoms with van der Waals surface area (Å²) < 4.78 is 0. The van der Waals surface area contributed by atoms with Crippen LogP contribution in [0.3, 0.4) is 0 Å². The maximum absolute atomic E-state index is 8.69. The minimum atomic E-state index is 0.101. The lowest BCUT2D eigenvalue weighted by molar-refractivity contribution is 0.287. The third-order valence-corrected chi connectivity index (χ3v) is 2.00. The van der Waals surface area contributed by atoms with Gasteiger partial charge in [-0.15, -0.1) is 0 Å². The molecule has 2 heterocycles. The van der Waals surface area contributed by atoms with Gasteiger partial charge in [-0.25, -0.2) is 9.97 Å². The van der Waals surface area contributed by atoms with Crippen LogP contribution in [0.25, 0.3) is 11.2 Å². The Hall–Kier alpha value is -1.89. The van der Waals surface area contributed by atoms with E-state index < -0.39 is 0 Å². The lowest BCUT2D eigenvalue weighted by Gasteiger charge is -1.99. The number of hydrogen-bond donors (Lipinski definition) is 4. The van der Waals surface area contributed by atoms with E-state index in [9.17, 15) is 0 Å². The molecule has 0 aromatic carbocycles. The van der Waals surface area contributed by atoms with Gasteiger partial charge in [0.05, 0.1) is 0 Å². The van der Waals surface area contributed by atoms with Crippen LogP contribution >= 0.6 is 0 Å². The predicted molar refractivity (Wildman–Crippen MR) is 55.9 cm³/mol. The van der Waals surface area contributed by atoms with Gasteiger partial charge in [-0.05, 0) is 6.42 Å². The van der Waals surface area contributed by atoms with Crippen LogP contribution in [0.4, 0.5) is 11.8 Å². The maximum atomic E-state index is 8.69. The van der Waals surface area contributed by atoms with Crippen LogP contribution in [0.1, 0.15) is 12.2 Å². The van der Waals surface area contributed by atoms with E-state index in [0.29, 0.717) is 35.6 Å². The Morgan fingerprint density at radius 3 is 2.73 bits per heavy atom. The average molecular weight is 208 g/mol. The topological polar surface area (TPSA) is 127 Å². The van der Waals surface area contributed by atoms with Crippen LogP contribution in [0.5, 0.6) is 0 Å². The summed E-state index contributed by atoms with van der Waals surface area (Å²) in [7, 11) is 0. The Kier molecular flexibility index (Phi) is 2.38. The van der Waals surface area contributed by atoms with Crippen molar-refractivity contribution in [1.29, 1.82) is 0 Å². The molecule has 80 valence electrons. The van der Waals surface area contributed by atoms with Crippen molar-refractivity contribution in [1.82, 2.24) is 19.9 Å². The van der Waals surface area contributed by atoms with Crippen molar-refractivity contribution in [3.8, 4) is 0 Å². The highest BCUT2D eigenvalue weighted by atomic mass is 16.2. The Labute approximate surface area is 85.6 Å². The van der Waals surface area contributed by atoms with Crippen LogP contribution in [0.2, 0.25) is 0 Å². The van der Waals surface area contributed by atoms with Crippen molar-refractivity contribution in [3.63, 3.8) is 0 Å². The summed E-state index contributed by atoms with van der Waals surface area (Å²) in [5, 5.41) is 8.69. The molecule has 0 aliphatic rings. The van der Waals surface area contributed by atoms with Crippen molar-refractivity contribution < 1.29 is 5.11 Å². The molecule has 0 saturated heterocycles. The highest BCUT2D eigenvalue weighted by Crippen LogP contribution is 2.16. The fraction of sp³-hybridized carbons (Fsp3) is 0.375. The molecule has 0 spiro atoms. The van der Waals surface area contributed by atoms with Crippen molar-refractivity contribution in [2.24, 2.45) is 0 Å². The highest BCUT2D eigenvalue weighted by Gasteiger charge is 2.08. The van der Waals surface area contributed by atoms with Gasteiger partial charge >= 0.3 is 0 Å². The predicted octanol–water partition coefficient (Wildman–Crippen LogP) is -0.558. The van der Waals surface area contributed by atoms with E-state index in [1.165, 1.54) is 0 Å². The number of rotatable bonds is 3. The van der Waals surface area contributed by atoms with Crippen LogP contribution < -0.4 is 11.5 Å². The Morgan fingerprint density at radius 1 is 1.20 bits per heavy atom. The number of nitrogen functional groups attached to an aromatic ring is 2. The molecule has 0 atom stereocenters. The number of aromatic amines is 1. The van der Waals surface area contributed by atoms with E-state index in [-0.39, 0.29) is 12.6 Å². The van der Waals surface area contributed by atoms with E-state index >= 15 is 0 Å². The van der Waals surface area contributed by atoms with Gasteiger partial charge in [0.2, 0.25) is 0 Å². The first-order valence-electron chi connectivity index (χ1n) is 4.59. The maximum Gasteiger partial charge on any atom is 0.200 e. The van der Waals surface area contributed by atoms with E-state index in [4.69, 9.17) is 16.6 Å². The smallest absolute Gasteiger partial charge is 0.200 e. The molecule has 0 unspecified atom stereocenters. The van der Waals surface area contributed by atoms with Gasteiger partial charge in [-0.2, -0.15) is 4.98 Å². The number of anilines is 2. The zero-order valence-corrected chi connectivity index (χ0v) is 8.06. The first-order chi connectivity index (χ1) is 7.20. The Balaban J connectivity index is 2.42. The molecule has 7 heteroatoms. The number of aliphatic hydroxyl groups excluding tert-OH is 1. The monoisotopic (exact) mass is 208 g/mol. The standard InChI is InChI=1S/C8H12N6O/c9-6-5-7(14-8(10)13-5)12-4(11-6)2-1-3-15/h15H,1-3H2,(H5,9,10,11,12,13,14). The number of aryl methyl sites for hydroxylation is 1. The average Bonchev–Trinajstić information content (AvgIpc) is 2.56. The summed E-state index contributed by atoms with van der Waals surface area (Å²) in [6.45, 7) is 0.101. The first kappa shape index (κ1) is 9.66. The number of H-pyrrole nitrogens is 1. The van der Waals surface area contributed by atoms with E-state index in [1.807, 2.05) is 0 Å². The summed E-state index contributed by atoms with van der Waals surface area (Å²) >= 11 is 0. The zero-order valence-electron chi connectivity index (χ0n) is 8.06. The molecule has 0 saturated carbocycles. The van der Waals surface area contributed by atoms with Gasteiger partial charge < -0.3 is 21.6 Å². The molecule has 2 aromatic rings. The van der Waals surface area contributed by atoms with E-state index in [2.05, 4.69) is 19.9 Å². The lowest BCUT2D eigenvalue weighted by atomic mass is 10.3. The molecule has 7 nitrogen and oxygen atoms in total. The zero-order chi connectivity index (χ0) is 10.8. The summed E-state index contributed by atoms with van der Waals surface area (Å²) in [5.41, 5.74) is 12.2. The van der Waals surface area contributed by atoms with Crippen molar-refractivity contribution in [2.45, 2.75) is 12.8 Å². The third kappa shape index (κ3) is 1.82. The first-order valence-corrected chi connectivity index (χ1v) is 4.59.